The molecule has 0 spiro atoms. The first-order valence-corrected chi connectivity index (χ1v) is 16.5. The van der Waals surface area contributed by atoms with Crippen LogP contribution in [0.4, 0.5) is 0 Å². The van der Waals surface area contributed by atoms with Crippen LogP contribution >= 0.6 is 0 Å². The maximum absolute atomic E-state index is 2.46. The van der Waals surface area contributed by atoms with Crippen molar-refractivity contribution in [1.82, 2.24) is 4.90 Å². The van der Waals surface area contributed by atoms with E-state index >= 15 is 0 Å². The molecule has 0 aromatic heterocycles. The molecule has 0 aliphatic rings. The van der Waals surface area contributed by atoms with Gasteiger partial charge in [-0.25, -0.2) is 0 Å². The predicted octanol–water partition coefficient (Wildman–Crippen LogP) is 11.8. The lowest BCUT2D eigenvalue weighted by molar-refractivity contribution is 0.373. The molecule has 1 heteroatoms. The number of benzene rings is 1. The number of nitrogens with zero attached hydrogens (tertiary/aromatic N) is 1. The van der Waals surface area contributed by atoms with Gasteiger partial charge in [-0.15, -0.1) is 0 Å². The van der Waals surface area contributed by atoms with Gasteiger partial charge < -0.3 is 4.90 Å². The Morgan fingerprint density at radius 3 is 1.70 bits per heavy atom. The second-order valence-electron chi connectivity index (χ2n) is 12.1. The molecular weight excluding hydrogens is 446 g/mol. The quantitative estimate of drug-likeness (QED) is 0.118. The molecule has 0 atom stereocenters. The molecule has 0 bridgehead atoms. The second kappa shape index (κ2) is 24.0. The zero-order valence-electron chi connectivity index (χ0n) is 26.0. The van der Waals surface area contributed by atoms with Gasteiger partial charge in [0.1, 0.15) is 0 Å². The van der Waals surface area contributed by atoms with Gasteiger partial charge in [-0.1, -0.05) is 160 Å². The smallest absolute Gasteiger partial charge is 0.0227 e. The van der Waals surface area contributed by atoms with Crippen LogP contribution in [0.2, 0.25) is 0 Å². The maximum Gasteiger partial charge on any atom is 0.0227 e. The number of rotatable bonds is 25. The lowest BCUT2D eigenvalue weighted by Crippen LogP contribution is -2.11. The van der Waals surface area contributed by atoms with Crippen molar-refractivity contribution in [2.75, 3.05) is 14.1 Å². The van der Waals surface area contributed by atoms with Gasteiger partial charge in [0.15, 0.2) is 0 Å². The molecule has 0 aliphatic heterocycles. The fourth-order valence-electron chi connectivity index (χ4n) is 5.67. The Labute approximate surface area is 233 Å². The average Bonchev–Trinajstić information content (AvgIpc) is 2.87. The zero-order valence-corrected chi connectivity index (χ0v) is 26.0. The summed E-state index contributed by atoms with van der Waals surface area (Å²) in [6.07, 6.45) is 34.1. The summed E-state index contributed by atoms with van der Waals surface area (Å²) in [7, 11) is 4.35. The van der Waals surface area contributed by atoms with E-state index in [1.54, 1.807) is 0 Å². The molecule has 0 fully saturated rings. The molecule has 0 N–H and O–H groups in total. The average molecular weight is 512 g/mol. The van der Waals surface area contributed by atoms with Crippen molar-refractivity contribution < 1.29 is 0 Å². The van der Waals surface area contributed by atoms with Crippen molar-refractivity contribution >= 4 is 6.08 Å². The largest absolute Gasteiger partial charge is 0.305 e. The summed E-state index contributed by atoms with van der Waals surface area (Å²) < 4.78 is 0. The third-order valence-corrected chi connectivity index (χ3v) is 7.87. The van der Waals surface area contributed by atoms with E-state index in [2.05, 4.69) is 70.1 Å². The van der Waals surface area contributed by atoms with E-state index in [0.29, 0.717) is 0 Å². The fourth-order valence-corrected chi connectivity index (χ4v) is 5.67. The minimum atomic E-state index is 0.958. The molecular formula is C36H65N. The molecule has 0 heterocycles. The molecule has 0 aliphatic carbocycles. The maximum atomic E-state index is 2.46. The summed E-state index contributed by atoms with van der Waals surface area (Å²) in [6.45, 7) is 7.96. The second-order valence-corrected chi connectivity index (χ2v) is 12.1. The minimum absolute atomic E-state index is 0.958. The first-order valence-electron chi connectivity index (χ1n) is 16.5. The van der Waals surface area contributed by atoms with Crippen molar-refractivity contribution in [3.63, 3.8) is 0 Å². The van der Waals surface area contributed by atoms with Crippen molar-refractivity contribution in [3.8, 4) is 0 Å². The van der Waals surface area contributed by atoms with Crippen LogP contribution in [0.15, 0.2) is 24.3 Å². The van der Waals surface area contributed by atoms with Crippen molar-refractivity contribution in [2.45, 2.75) is 162 Å². The van der Waals surface area contributed by atoms with E-state index in [1.807, 2.05) is 0 Å². The summed E-state index contributed by atoms with van der Waals surface area (Å²) in [5, 5.41) is 0. The molecule has 0 amide bonds. The van der Waals surface area contributed by atoms with Gasteiger partial charge in [-0.2, -0.15) is 0 Å². The van der Waals surface area contributed by atoms with E-state index in [-0.39, 0.29) is 0 Å². The van der Waals surface area contributed by atoms with E-state index in [0.717, 1.165) is 12.5 Å². The number of unbranched alkanes of at least 4 members (excludes halogenated alkanes) is 13. The van der Waals surface area contributed by atoms with Crippen LogP contribution in [-0.2, 0) is 13.0 Å². The minimum Gasteiger partial charge on any atom is -0.305 e. The molecule has 0 unspecified atom stereocenters. The van der Waals surface area contributed by atoms with E-state index < -0.39 is 0 Å². The first kappa shape index (κ1) is 33.9. The Balaban J connectivity index is 2.53. The van der Waals surface area contributed by atoms with Crippen LogP contribution in [0, 0.1) is 5.92 Å². The Hall–Kier alpha value is -1.08. The molecule has 1 aromatic rings. The van der Waals surface area contributed by atoms with Gasteiger partial charge in [0.25, 0.3) is 0 Å². The van der Waals surface area contributed by atoms with E-state index in [4.69, 9.17) is 0 Å². The molecule has 1 aromatic carbocycles. The van der Waals surface area contributed by atoms with Crippen LogP contribution in [0.25, 0.3) is 6.08 Å². The molecule has 1 nitrogen and oxygen atoms in total. The molecule has 37 heavy (non-hydrogen) atoms. The highest BCUT2D eigenvalue weighted by atomic mass is 15.0. The molecule has 0 saturated heterocycles. The van der Waals surface area contributed by atoms with Crippen LogP contribution in [-0.4, -0.2) is 19.0 Å². The van der Waals surface area contributed by atoms with Gasteiger partial charge in [-0.3, -0.25) is 0 Å². The highest BCUT2D eigenvalue weighted by Gasteiger charge is 2.08. The topological polar surface area (TPSA) is 3.24 Å². The van der Waals surface area contributed by atoms with Crippen LogP contribution < -0.4 is 0 Å². The third-order valence-electron chi connectivity index (χ3n) is 7.87. The first-order chi connectivity index (χ1) is 18.1. The summed E-state index contributed by atoms with van der Waals surface area (Å²) >= 11 is 0. The van der Waals surface area contributed by atoms with Crippen molar-refractivity contribution in [2.24, 2.45) is 5.92 Å². The SMILES string of the molecule is CCCCCCCCC(CCC/C=C\c1cc(CCCCC)cc(CN(C)C)c1)CCCCCCCC. The Bertz CT molecular complexity index is 643. The monoisotopic (exact) mass is 512 g/mol. The van der Waals surface area contributed by atoms with Crippen molar-refractivity contribution in [3.05, 3.63) is 41.0 Å². The molecule has 214 valence electrons. The third kappa shape index (κ3) is 19.6. The van der Waals surface area contributed by atoms with E-state index in [1.165, 1.54) is 152 Å². The highest BCUT2D eigenvalue weighted by Crippen LogP contribution is 2.24. The lowest BCUT2D eigenvalue weighted by Gasteiger charge is -2.17. The van der Waals surface area contributed by atoms with Crippen molar-refractivity contribution in [1.29, 1.82) is 0 Å². The fraction of sp³-hybridized carbons (Fsp3) is 0.778. The Morgan fingerprint density at radius 2 is 1.11 bits per heavy atom. The number of allylic oxidation sites excluding steroid dienone is 1. The summed E-state index contributed by atoms with van der Waals surface area (Å²) in [6, 6.07) is 7.27. The molecule has 1 rings (SSSR count). The Kier molecular flexibility index (Phi) is 22.0. The van der Waals surface area contributed by atoms with Crippen LogP contribution in [0.3, 0.4) is 0 Å². The van der Waals surface area contributed by atoms with Gasteiger partial charge in [0, 0.05) is 6.54 Å². The predicted molar refractivity (Wildman–Crippen MR) is 169 cm³/mol. The lowest BCUT2D eigenvalue weighted by atomic mass is 9.90. The van der Waals surface area contributed by atoms with Crippen LogP contribution in [0.5, 0.6) is 0 Å². The summed E-state index contributed by atoms with van der Waals surface area (Å²) in [5.41, 5.74) is 4.38. The zero-order chi connectivity index (χ0) is 27.0. The molecule has 0 radical (unpaired) electrons. The highest BCUT2D eigenvalue weighted by molar-refractivity contribution is 5.52. The normalized spacial score (nSPS) is 12.0. The van der Waals surface area contributed by atoms with Gasteiger partial charge in [-0.05, 0) is 62.4 Å². The Morgan fingerprint density at radius 1 is 0.595 bits per heavy atom. The summed E-state index contributed by atoms with van der Waals surface area (Å²) in [4.78, 5) is 2.28. The number of hydrogen-bond donors (Lipinski definition) is 0. The van der Waals surface area contributed by atoms with Gasteiger partial charge in [0.2, 0.25) is 0 Å². The standard InChI is InChI=1S/C36H65N/c1-6-9-12-14-16-20-24-33(25-21-17-15-13-10-7-2)26-22-18-23-28-35-29-34(27-19-11-8-3)30-36(31-35)32-37(4)5/h23,28-31,33H,6-22,24-27,32H2,1-5H3/b28-23-. The van der Waals surface area contributed by atoms with Crippen LogP contribution in [0.1, 0.15) is 166 Å². The van der Waals surface area contributed by atoms with E-state index in [9.17, 15) is 0 Å². The van der Waals surface area contributed by atoms with Gasteiger partial charge >= 0.3 is 0 Å². The number of aryl methyl sites for hydroxylation is 1. The van der Waals surface area contributed by atoms with Gasteiger partial charge in [0.05, 0.1) is 0 Å². The number of hydrogen-bond acceptors (Lipinski definition) is 1. The molecule has 0 saturated carbocycles. The summed E-state index contributed by atoms with van der Waals surface area (Å²) in [5.74, 6) is 0.958.